The first-order valence-corrected chi connectivity index (χ1v) is 10.4. The van der Waals surface area contributed by atoms with E-state index < -0.39 is 0 Å². The van der Waals surface area contributed by atoms with E-state index in [4.69, 9.17) is 9.47 Å². The Morgan fingerprint density at radius 2 is 1.96 bits per heavy atom. The molecular formula is C21H25N3O3S. The summed E-state index contributed by atoms with van der Waals surface area (Å²) in [7, 11) is 3.14. The SMILES string of the molecule is COc1cc2cc(C#N)c(SCC(=O)N[C@@H]3CCCC[C@H]3C)nc2cc1OC. The topological polar surface area (TPSA) is 84.2 Å². The molecule has 0 saturated heterocycles. The van der Waals surface area contributed by atoms with E-state index in [0.717, 1.165) is 18.2 Å². The average Bonchev–Trinajstić information content (AvgIpc) is 2.72. The fourth-order valence-corrected chi connectivity index (χ4v) is 4.36. The Balaban J connectivity index is 1.76. The summed E-state index contributed by atoms with van der Waals surface area (Å²) in [5.41, 5.74) is 1.14. The number of aromatic nitrogens is 1. The maximum atomic E-state index is 12.4. The van der Waals surface area contributed by atoms with Gasteiger partial charge in [-0.15, -0.1) is 0 Å². The van der Waals surface area contributed by atoms with Crippen LogP contribution < -0.4 is 14.8 Å². The van der Waals surface area contributed by atoms with Gasteiger partial charge in [-0.05, 0) is 30.9 Å². The van der Waals surface area contributed by atoms with Crippen LogP contribution in [-0.2, 0) is 4.79 Å². The Morgan fingerprint density at radius 1 is 1.25 bits per heavy atom. The molecule has 0 radical (unpaired) electrons. The van der Waals surface area contributed by atoms with Gasteiger partial charge in [-0.25, -0.2) is 4.98 Å². The summed E-state index contributed by atoms with van der Waals surface area (Å²) >= 11 is 1.29. The van der Waals surface area contributed by atoms with Gasteiger partial charge >= 0.3 is 0 Å². The Labute approximate surface area is 169 Å². The molecule has 1 aliphatic rings. The number of ether oxygens (including phenoxy) is 2. The largest absolute Gasteiger partial charge is 0.493 e. The average molecular weight is 400 g/mol. The molecule has 1 aliphatic carbocycles. The van der Waals surface area contributed by atoms with Crippen molar-refractivity contribution >= 4 is 28.6 Å². The van der Waals surface area contributed by atoms with Crippen LogP contribution in [-0.4, -0.2) is 36.9 Å². The summed E-state index contributed by atoms with van der Waals surface area (Å²) in [6, 6.07) is 7.78. The molecule has 1 heterocycles. The summed E-state index contributed by atoms with van der Waals surface area (Å²) in [5.74, 6) is 1.90. The quantitative estimate of drug-likeness (QED) is 0.742. The van der Waals surface area contributed by atoms with Crippen LogP contribution in [0, 0.1) is 17.2 Å². The second-order valence-electron chi connectivity index (χ2n) is 7.08. The predicted molar refractivity (Wildman–Crippen MR) is 110 cm³/mol. The van der Waals surface area contributed by atoms with Crippen LogP contribution in [0.1, 0.15) is 38.2 Å². The standard InChI is InChI=1S/C21H25N3O3S/c1-13-6-4-5-7-16(13)23-20(25)12-28-21-15(11-22)8-14-9-18(26-2)19(27-3)10-17(14)24-21/h8-10,13,16H,4-7,12H2,1-3H3,(H,23,25)/t13-,16-/m1/s1. The minimum Gasteiger partial charge on any atom is -0.493 e. The molecule has 1 N–H and O–H groups in total. The molecule has 1 fully saturated rings. The number of carbonyl (C=O) groups is 1. The van der Waals surface area contributed by atoms with E-state index in [1.165, 1.54) is 24.6 Å². The number of methoxy groups -OCH3 is 2. The molecule has 7 heteroatoms. The zero-order chi connectivity index (χ0) is 20.1. The molecule has 6 nitrogen and oxygen atoms in total. The normalized spacial score (nSPS) is 19.1. The molecule has 1 aromatic heterocycles. The van der Waals surface area contributed by atoms with Gasteiger partial charge in [0.25, 0.3) is 0 Å². The highest BCUT2D eigenvalue weighted by atomic mass is 32.2. The van der Waals surface area contributed by atoms with Crippen molar-refractivity contribution in [2.75, 3.05) is 20.0 Å². The summed E-state index contributed by atoms with van der Waals surface area (Å²) in [4.78, 5) is 17.0. The molecule has 28 heavy (non-hydrogen) atoms. The third kappa shape index (κ3) is 4.50. The lowest BCUT2D eigenvalue weighted by atomic mass is 9.86. The van der Waals surface area contributed by atoms with Crippen molar-refractivity contribution in [2.45, 2.75) is 43.7 Å². The number of nitrogens with one attached hydrogen (secondary N) is 1. The van der Waals surface area contributed by atoms with Crippen LogP contribution in [0.4, 0.5) is 0 Å². The van der Waals surface area contributed by atoms with Gasteiger partial charge in [0.05, 0.1) is 31.1 Å². The zero-order valence-corrected chi connectivity index (χ0v) is 17.3. The Bertz CT molecular complexity index is 910. The van der Waals surface area contributed by atoms with Crippen molar-refractivity contribution < 1.29 is 14.3 Å². The van der Waals surface area contributed by atoms with E-state index in [9.17, 15) is 10.1 Å². The number of carbonyl (C=O) groups excluding carboxylic acids is 1. The fourth-order valence-electron chi connectivity index (χ4n) is 3.59. The summed E-state index contributed by atoms with van der Waals surface area (Å²) in [6.45, 7) is 2.19. The predicted octanol–water partition coefficient (Wildman–Crippen LogP) is 3.91. The van der Waals surface area contributed by atoms with Gasteiger partial charge in [0.2, 0.25) is 5.91 Å². The van der Waals surface area contributed by atoms with Gasteiger partial charge in [-0.2, -0.15) is 5.26 Å². The van der Waals surface area contributed by atoms with Crippen molar-refractivity contribution in [1.29, 1.82) is 5.26 Å². The van der Waals surface area contributed by atoms with Gasteiger partial charge in [0.1, 0.15) is 11.1 Å². The first kappa shape index (κ1) is 20.3. The van der Waals surface area contributed by atoms with Crippen molar-refractivity contribution in [2.24, 2.45) is 5.92 Å². The van der Waals surface area contributed by atoms with Crippen LogP contribution in [0.3, 0.4) is 0 Å². The molecule has 0 spiro atoms. The summed E-state index contributed by atoms with van der Waals surface area (Å²) in [5, 5.41) is 14.0. The Hall–Kier alpha value is -2.46. The van der Waals surface area contributed by atoms with E-state index in [2.05, 4.69) is 23.3 Å². The second-order valence-corrected chi connectivity index (χ2v) is 8.04. The molecular weight excluding hydrogens is 374 g/mol. The maximum Gasteiger partial charge on any atom is 0.230 e. The van der Waals surface area contributed by atoms with Gasteiger partial charge in [-0.3, -0.25) is 4.79 Å². The molecule has 1 amide bonds. The number of rotatable bonds is 6. The smallest absolute Gasteiger partial charge is 0.230 e. The molecule has 0 bridgehead atoms. The van der Waals surface area contributed by atoms with Crippen LogP contribution in [0.15, 0.2) is 23.2 Å². The molecule has 148 valence electrons. The molecule has 2 aromatic rings. The third-order valence-corrected chi connectivity index (χ3v) is 6.19. The zero-order valence-electron chi connectivity index (χ0n) is 16.4. The number of pyridine rings is 1. The van der Waals surface area contributed by atoms with E-state index in [0.29, 0.717) is 33.5 Å². The van der Waals surface area contributed by atoms with Gasteiger partial charge in [0.15, 0.2) is 11.5 Å². The number of hydrogen-bond donors (Lipinski definition) is 1. The second kappa shape index (κ2) is 9.16. The van der Waals surface area contributed by atoms with Gasteiger partial charge in [0, 0.05) is 17.5 Å². The van der Waals surface area contributed by atoms with E-state index in [1.807, 2.05) is 0 Å². The van der Waals surface area contributed by atoms with E-state index >= 15 is 0 Å². The Kier molecular flexibility index (Phi) is 6.63. The van der Waals surface area contributed by atoms with Gasteiger partial charge < -0.3 is 14.8 Å². The number of nitriles is 1. The molecule has 0 aliphatic heterocycles. The number of hydrogen-bond acceptors (Lipinski definition) is 6. The van der Waals surface area contributed by atoms with Crippen LogP contribution in [0.5, 0.6) is 11.5 Å². The number of thioether (sulfide) groups is 1. The molecule has 3 rings (SSSR count). The van der Waals surface area contributed by atoms with E-state index in [1.54, 1.807) is 32.4 Å². The minimum atomic E-state index is -0.0122. The maximum absolute atomic E-state index is 12.4. The van der Waals surface area contributed by atoms with Gasteiger partial charge in [-0.1, -0.05) is 31.5 Å². The minimum absolute atomic E-state index is 0.0122. The number of amides is 1. The van der Waals surface area contributed by atoms with Crippen LogP contribution >= 0.6 is 11.8 Å². The third-order valence-electron chi connectivity index (χ3n) is 5.20. The highest BCUT2D eigenvalue weighted by Crippen LogP contribution is 2.33. The summed E-state index contributed by atoms with van der Waals surface area (Å²) < 4.78 is 10.6. The lowest BCUT2D eigenvalue weighted by molar-refractivity contribution is -0.119. The van der Waals surface area contributed by atoms with Crippen molar-refractivity contribution in [3.63, 3.8) is 0 Å². The van der Waals surface area contributed by atoms with Crippen molar-refractivity contribution in [3.8, 4) is 17.6 Å². The fraction of sp³-hybridized carbons (Fsp3) is 0.476. The molecule has 1 aromatic carbocycles. The van der Waals surface area contributed by atoms with E-state index in [-0.39, 0.29) is 17.7 Å². The molecule has 1 saturated carbocycles. The number of nitrogens with zero attached hydrogens (tertiary/aromatic N) is 2. The molecule has 2 atom stereocenters. The lowest BCUT2D eigenvalue weighted by Gasteiger charge is -2.29. The monoisotopic (exact) mass is 399 g/mol. The lowest BCUT2D eigenvalue weighted by Crippen LogP contribution is -2.41. The van der Waals surface area contributed by atoms with Crippen LogP contribution in [0.25, 0.3) is 10.9 Å². The van der Waals surface area contributed by atoms with Crippen molar-refractivity contribution in [1.82, 2.24) is 10.3 Å². The summed E-state index contributed by atoms with van der Waals surface area (Å²) in [6.07, 6.45) is 4.60. The number of fused-ring (bicyclic) bond motifs is 1. The first-order valence-electron chi connectivity index (χ1n) is 9.44. The highest BCUT2D eigenvalue weighted by molar-refractivity contribution is 8.00. The highest BCUT2D eigenvalue weighted by Gasteiger charge is 2.23. The molecule has 0 unspecified atom stereocenters. The Morgan fingerprint density at radius 3 is 2.64 bits per heavy atom. The van der Waals surface area contributed by atoms with Crippen LogP contribution in [0.2, 0.25) is 0 Å². The first-order chi connectivity index (χ1) is 13.5. The number of benzene rings is 1. The van der Waals surface area contributed by atoms with Crippen molar-refractivity contribution in [3.05, 3.63) is 23.8 Å².